The van der Waals surface area contributed by atoms with Gasteiger partial charge in [0.1, 0.15) is 0 Å². The highest BCUT2D eigenvalue weighted by atomic mass is 15.2. The second kappa shape index (κ2) is 3.45. The van der Waals surface area contributed by atoms with E-state index in [9.17, 15) is 0 Å². The van der Waals surface area contributed by atoms with Crippen LogP contribution in [0.1, 0.15) is 40.0 Å². The van der Waals surface area contributed by atoms with E-state index in [1.807, 2.05) is 0 Å². The third-order valence-electron chi connectivity index (χ3n) is 2.88. The second-order valence-corrected chi connectivity index (χ2v) is 4.32. The Balaban J connectivity index is 2.57. The summed E-state index contributed by atoms with van der Waals surface area (Å²) in [7, 11) is 0. The van der Waals surface area contributed by atoms with Gasteiger partial charge in [-0.15, -0.1) is 0 Å². The minimum absolute atomic E-state index is 0.316. The fourth-order valence-corrected chi connectivity index (χ4v) is 2.19. The number of hydrogen-bond acceptors (Lipinski definition) is 2. The Morgan fingerprint density at radius 2 is 2.25 bits per heavy atom. The molecule has 0 radical (unpaired) electrons. The Kier molecular flexibility index (Phi) is 2.74. The highest BCUT2D eigenvalue weighted by Crippen LogP contribution is 2.30. The smallest absolute Gasteiger partial charge is 0.0638 e. The molecule has 12 heavy (non-hydrogen) atoms. The van der Waals surface area contributed by atoms with Crippen LogP contribution in [0, 0.1) is 11.3 Å². The molecule has 1 saturated heterocycles. The van der Waals surface area contributed by atoms with Crippen LogP contribution < -0.4 is 0 Å². The van der Waals surface area contributed by atoms with E-state index < -0.39 is 0 Å². The van der Waals surface area contributed by atoms with Crippen LogP contribution in [0.5, 0.6) is 0 Å². The SMILES string of the molecule is CC(CC#N)N1CCCC1(C)C. The van der Waals surface area contributed by atoms with E-state index in [2.05, 4.69) is 31.7 Å². The van der Waals surface area contributed by atoms with Crippen molar-refractivity contribution in [2.75, 3.05) is 6.54 Å². The quantitative estimate of drug-likeness (QED) is 0.628. The van der Waals surface area contributed by atoms with Crippen molar-refractivity contribution in [1.82, 2.24) is 4.90 Å². The van der Waals surface area contributed by atoms with Crippen molar-refractivity contribution in [2.24, 2.45) is 0 Å². The third-order valence-corrected chi connectivity index (χ3v) is 2.88. The maximum absolute atomic E-state index is 8.59. The zero-order valence-electron chi connectivity index (χ0n) is 8.30. The molecule has 0 amide bonds. The normalized spacial score (nSPS) is 25.2. The van der Waals surface area contributed by atoms with Gasteiger partial charge in [0, 0.05) is 11.6 Å². The van der Waals surface area contributed by atoms with Crippen LogP contribution in [-0.2, 0) is 0 Å². The van der Waals surface area contributed by atoms with Crippen molar-refractivity contribution in [3.63, 3.8) is 0 Å². The van der Waals surface area contributed by atoms with Crippen LogP contribution in [0.25, 0.3) is 0 Å². The zero-order chi connectivity index (χ0) is 9.19. The lowest BCUT2D eigenvalue weighted by atomic mass is 10.0. The molecule has 0 spiro atoms. The predicted molar refractivity (Wildman–Crippen MR) is 49.7 cm³/mol. The Bertz CT molecular complexity index is 191. The van der Waals surface area contributed by atoms with Crippen LogP contribution >= 0.6 is 0 Å². The van der Waals surface area contributed by atoms with Gasteiger partial charge in [-0.25, -0.2) is 0 Å². The van der Waals surface area contributed by atoms with Crippen molar-refractivity contribution >= 4 is 0 Å². The average Bonchev–Trinajstić information content (AvgIpc) is 2.30. The summed E-state index contributed by atoms with van der Waals surface area (Å²) < 4.78 is 0. The molecule has 2 nitrogen and oxygen atoms in total. The molecular weight excluding hydrogens is 148 g/mol. The molecule has 68 valence electrons. The first-order valence-corrected chi connectivity index (χ1v) is 4.71. The zero-order valence-corrected chi connectivity index (χ0v) is 8.30. The van der Waals surface area contributed by atoms with E-state index in [1.54, 1.807) is 0 Å². The van der Waals surface area contributed by atoms with Crippen molar-refractivity contribution < 1.29 is 0 Å². The van der Waals surface area contributed by atoms with Crippen LogP contribution in [0.15, 0.2) is 0 Å². The molecule has 1 aliphatic heterocycles. The Labute approximate surface area is 75.2 Å². The maximum Gasteiger partial charge on any atom is 0.0638 e. The van der Waals surface area contributed by atoms with Crippen molar-refractivity contribution in [1.29, 1.82) is 5.26 Å². The highest BCUT2D eigenvalue weighted by molar-refractivity contribution is 4.93. The Hall–Kier alpha value is -0.550. The summed E-state index contributed by atoms with van der Waals surface area (Å²) in [6.45, 7) is 7.86. The summed E-state index contributed by atoms with van der Waals surface area (Å²) >= 11 is 0. The topological polar surface area (TPSA) is 27.0 Å². The summed E-state index contributed by atoms with van der Waals surface area (Å²) in [5.74, 6) is 0. The minimum atomic E-state index is 0.316. The van der Waals surface area contributed by atoms with Gasteiger partial charge >= 0.3 is 0 Å². The lowest BCUT2D eigenvalue weighted by molar-refractivity contribution is 0.127. The summed E-state index contributed by atoms with van der Waals surface area (Å²) in [6.07, 6.45) is 3.20. The van der Waals surface area contributed by atoms with Crippen LogP contribution in [0.2, 0.25) is 0 Å². The predicted octanol–water partition coefficient (Wildman–Crippen LogP) is 2.16. The summed E-state index contributed by atoms with van der Waals surface area (Å²) in [5.41, 5.74) is 0.316. The summed E-state index contributed by atoms with van der Waals surface area (Å²) in [6, 6.07) is 2.66. The molecule has 1 aliphatic rings. The van der Waals surface area contributed by atoms with Gasteiger partial charge < -0.3 is 0 Å². The second-order valence-electron chi connectivity index (χ2n) is 4.32. The largest absolute Gasteiger partial charge is 0.295 e. The average molecular weight is 166 g/mol. The summed E-state index contributed by atoms with van der Waals surface area (Å²) in [5, 5.41) is 8.59. The fraction of sp³-hybridized carbons (Fsp3) is 0.900. The molecule has 2 heteroatoms. The number of rotatable bonds is 2. The van der Waals surface area contributed by atoms with Crippen molar-refractivity contribution in [3.05, 3.63) is 0 Å². The number of nitriles is 1. The van der Waals surface area contributed by atoms with Gasteiger partial charge in [-0.2, -0.15) is 5.26 Å². The van der Waals surface area contributed by atoms with Crippen LogP contribution in [0.3, 0.4) is 0 Å². The lowest BCUT2D eigenvalue weighted by Crippen LogP contribution is -2.43. The first kappa shape index (κ1) is 9.54. The lowest BCUT2D eigenvalue weighted by Gasteiger charge is -2.35. The molecule has 1 atom stereocenters. The van der Waals surface area contributed by atoms with E-state index in [0.717, 1.165) is 6.54 Å². The molecule has 0 aliphatic carbocycles. The van der Waals surface area contributed by atoms with E-state index in [4.69, 9.17) is 5.26 Å². The molecule has 0 aromatic rings. The van der Waals surface area contributed by atoms with E-state index in [0.29, 0.717) is 18.0 Å². The van der Waals surface area contributed by atoms with E-state index in [-0.39, 0.29) is 0 Å². The fourth-order valence-electron chi connectivity index (χ4n) is 2.19. The molecule has 0 N–H and O–H groups in total. The van der Waals surface area contributed by atoms with Gasteiger partial charge in [0.05, 0.1) is 12.5 Å². The van der Waals surface area contributed by atoms with E-state index >= 15 is 0 Å². The number of likely N-dealkylation sites (tertiary alicyclic amines) is 1. The minimum Gasteiger partial charge on any atom is -0.295 e. The molecular formula is C10H18N2. The van der Waals surface area contributed by atoms with Gasteiger partial charge in [-0.1, -0.05) is 0 Å². The molecule has 1 fully saturated rings. The van der Waals surface area contributed by atoms with Gasteiger partial charge in [0.2, 0.25) is 0 Å². The molecule has 1 unspecified atom stereocenters. The highest BCUT2D eigenvalue weighted by Gasteiger charge is 2.34. The van der Waals surface area contributed by atoms with Crippen molar-refractivity contribution in [3.8, 4) is 6.07 Å². The summed E-state index contributed by atoms with van der Waals surface area (Å²) in [4.78, 5) is 2.45. The standard InChI is InChI=1S/C10H18N2/c1-9(5-7-11)12-8-4-6-10(12,2)3/h9H,4-6,8H2,1-3H3. The molecule has 0 bridgehead atoms. The number of nitrogens with zero attached hydrogens (tertiary/aromatic N) is 2. The van der Waals surface area contributed by atoms with Gasteiger partial charge in [0.25, 0.3) is 0 Å². The van der Waals surface area contributed by atoms with E-state index in [1.165, 1.54) is 12.8 Å². The Morgan fingerprint density at radius 1 is 1.58 bits per heavy atom. The van der Waals surface area contributed by atoms with Gasteiger partial charge in [-0.3, -0.25) is 4.90 Å². The number of hydrogen-bond donors (Lipinski definition) is 0. The molecule has 1 rings (SSSR count). The van der Waals surface area contributed by atoms with Gasteiger partial charge in [-0.05, 0) is 40.2 Å². The van der Waals surface area contributed by atoms with Crippen LogP contribution in [0.4, 0.5) is 0 Å². The third kappa shape index (κ3) is 1.78. The maximum atomic E-state index is 8.59. The molecule has 0 aromatic carbocycles. The van der Waals surface area contributed by atoms with Crippen LogP contribution in [-0.4, -0.2) is 23.0 Å². The molecule has 1 heterocycles. The Morgan fingerprint density at radius 3 is 2.67 bits per heavy atom. The first-order chi connectivity index (χ1) is 5.58. The molecule has 0 saturated carbocycles. The molecule has 0 aromatic heterocycles. The van der Waals surface area contributed by atoms with Gasteiger partial charge in [0.15, 0.2) is 0 Å². The monoisotopic (exact) mass is 166 g/mol. The van der Waals surface area contributed by atoms with Crippen molar-refractivity contribution in [2.45, 2.75) is 51.6 Å². The first-order valence-electron chi connectivity index (χ1n) is 4.71.